The average molecular weight is 393 g/mol. The molecule has 1 heterocycles. The van der Waals surface area contributed by atoms with Crippen molar-refractivity contribution in [2.24, 2.45) is 0 Å². The van der Waals surface area contributed by atoms with Gasteiger partial charge in [-0.1, -0.05) is 30.2 Å². The van der Waals surface area contributed by atoms with Crippen molar-refractivity contribution in [1.29, 1.82) is 0 Å². The molecule has 146 valence electrons. The molecule has 1 aliphatic heterocycles. The molecule has 1 aliphatic rings. The summed E-state index contributed by atoms with van der Waals surface area (Å²) >= 11 is 0. The molecule has 0 radical (unpaired) electrons. The Balaban J connectivity index is 1.66. The highest BCUT2D eigenvalue weighted by atomic mass is 19.1. The van der Waals surface area contributed by atoms with Crippen molar-refractivity contribution in [3.63, 3.8) is 0 Å². The molecule has 2 aromatic carbocycles. The summed E-state index contributed by atoms with van der Waals surface area (Å²) in [5.41, 5.74) is 0.623. The van der Waals surface area contributed by atoms with Crippen LogP contribution in [0.2, 0.25) is 0 Å². The van der Waals surface area contributed by atoms with Gasteiger partial charge in [0, 0.05) is 0 Å². The molecule has 4 amide bonds. The van der Waals surface area contributed by atoms with E-state index in [2.05, 4.69) is 16.6 Å². The number of para-hydroxylation sites is 1. The predicted octanol–water partition coefficient (Wildman–Crippen LogP) is 2.37. The molecule has 1 fully saturated rings. The van der Waals surface area contributed by atoms with E-state index in [-0.39, 0.29) is 18.0 Å². The minimum atomic E-state index is -0.737. The summed E-state index contributed by atoms with van der Waals surface area (Å²) in [6.45, 7) is -0.409. The van der Waals surface area contributed by atoms with Crippen molar-refractivity contribution >= 4 is 29.6 Å². The summed E-state index contributed by atoms with van der Waals surface area (Å²) < 4.78 is 18.9. The lowest BCUT2D eigenvalue weighted by Crippen LogP contribution is -2.38. The SMILES string of the molecule is C#CCOc1ccc(/C=C2/NC(=O)N(CC(=O)Nc3ccccc3F)C2=O)cc1. The largest absolute Gasteiger partial charge is 0.481 e. The molecule has 29 heavy (non-hydrogen) atoms. The second-order valence-electron chi connectivity index (χ2n) is 5.97. The fraction of sp³-hybridized carbons (Fsp3) is 0.0952. The monoisotopic (exact) mass is 393 g/mol. The zero-order valence-corrected chi connectivity index (χ0v) is 15.1. The van der Waals surface area contributed by atoms with E-state index in [9.17, 15) is 18.8 Å². The lowest BCUT2D eigenvalue weighted by atomic mass is 10.2. The average Bonchev–Trinajstić information content (AvgIpc) is 2.96. The number of carbonyl (C=O) groups excluding carboxylic acids is 3. The van der Waals surface area contributed by atoms with Gasteiger partial charge in [-0.25, -0.2) is 14.1 Å². The van der Waals surface area contributed by atoms with Crippen LogP contribution in [-0.4, -0.2) is 35.9 Å². The summed E-state index contributed by atoms with van der Waals surface area (Å²) in [6.07, 6.45) is 6.60. The molecule has 1 saturated heterocycles. The number of rotatable bonds is 6. The van der Waals surface area contributed by atoms with Crippen molar-refractivity contribution in [3.8, 4) is 18.1 Å². The second-order valence-corrected chi connectivity index (χ2v) is 5.97. The number of hydrogen-bond acceptors (Lipinski definition) is 4. The van der Waals surface area contributed by atoms with Gasteiger partial charge in [-0.05, 0) is 35.9 Å². The standard InChI is InChI=1S/C21H16FN3O4/c1-2-11-29-15-9-7-14(8-10-15)12-18-20(27)25(21(28)24-18)13-19(26)23-17-6-4-3-5-16(17)22/h1,3-10,12H,11,13H2,(H,23,26)(H,24,28)/b18-12+. The van der Waals surface area contributed by atoms with E-state index in [0.29, 0.717) is 11.3 Å². The first kappa shape index (κ1) is 19.6. The molecule has 8 heteroatoms. The number of imide groups is 1. The molecule has 3 rings (SSSR count). The normalized spacial score (nSPS) is 14.5. The molecule has 2 N–H and O–H groups in total. The van der Waals surface area contributed by atoms with Crippen LogP contribution >= 0.6 is 0 Å². The van der Waals surface area contributed by atoms with E-state index < -0.39 is 30.2 Å². The number of amides is 4. The first-order valence-electron chi connectivity index (χ1n) is 8.53. The van der Waals surface area contributed by atoms with Gasteiger partial charge in [-0.2, -0.15) is 0 Å². The maximum atomic E-state index is 13.6. The Kier molecular flexibility index (Phi) is 5.90. The number of ether oxygens (including phenoxy) is 1. The van der Waals surface area contributed by atoms with Gasteiger partial charge in [-0.15, -0.1) is 6.42 Å². The predicted molar refractivity (Wildman–Crippen MR) is 104 cm³/mol. The molecule has 0 unspecified atom stereocenters. The number of benzene rings is 2. The third-order valence-corrected chi connectivity index (χ3v) is 3.93. The third kappa shape index (κ3) is 4.78. The number of terminal acetylenes is 1. The van der Waals surface area contributed by atoms with Gasteiger partial charge in [0.05, 0.1) is 5.69 Å². The smallest absolute Gasteiger partial charge is 0.329 e. The van der Waals surface area contributed by atoms with Crippen molar-refractivity contribution in [2.75, 3.05) is 18.5 Å². The summed E-state index contributed by atoms with van der Waals surface area (Å²) in [5.74, 6) is 0.944. The lowest BCUT2D eigenvalue weighted by molar-refractivity contribution is -0.127. The van der Waals surface area contributed by atoms with Crippen LogP contribution in [0.3, 0.4) is 0 Å². The van der Waals surface area contributed by atoms with Gasteiger partial charge in [0.25, 0.3) is 5.91 Å². The van der Waals surface area contributed by atoms with Crippen LogP contribution < -0.4 is 15.4 Å². The number of carbonyl (C=O) groups is 3. The van der Waals surface area contributed by atoms with Crippen LogP contribution in [0.15, 0.2) is 54.2 Å². The quantitative estimate of drug-likeness (QED) is 0.448. The molecule has 2 aromatic rings. The Hall–Kier alpha value is -4.12. The molecule has 0 bridgehead atoms. The highest BCUT2D eigenvalue weighted by molar-refractivity contribution is 6.15. The van der Waals surface area contributed by atoms with Crippen molar-refractivity contribution in [1.82, 2.24) is 10.2 Å². The number of anilines is 1. The molecule has 0 spiro atoms. The topological polar surface area (TPSA) is 87.7 Å². The maximum Gasteiger partial charge on any atom is 0.329 e. The van der Waals surface area contributed by atoms with Crippen LogP contribution in [0.25, 0.3) is 6.08 Å². The summed E-state index contributed by atoms with van der Waals surface area (Å²) in [7, 11) is 0. The van der Waals surface area contributed by atoms with Gasteiger partial charge in [-0.3, -0.25) is 9.59 Å². The van der Waals surface area contributed by atoms with Gasteiger partial charge >= 0.3 is 6.03 Å². The van der Waals surface area contributed by atoms with E-state index in [1.165, 1.54) is 24.3 Å². The summed E-state index contributed by atoms with van der Waals surface area (Å²) in [4.78, 5) is 37.4. The molecule has 0 aromatic heterocycles. The lowest BCUT2D eigenvalue weighted by Gasteiger charge is -2.12. The van der Waals surface area contributed by atoms with Gasteiger partial charge in [0.2, 0.25) is 5.91 Å². The van der Waals surface area contributed by atoms with Crippen LogP contribution in [0.5, 0.6) is 5.75 Å². The minimum absolute atomic E-state index is 0.0194. The van der Waals surface area contributed by atoms with Crippen LogP contribution in [0.1, 0.15) is 5.56 Å². The van der Waals surface area contributed by atoms with E-state index in [0.717, 1.165) is 4.90 Å². The summed E-state index contributed by atoms with van der Waals surface area (Å²) in [6, 6.07) is 11.6. The van der Waals surface area contributed by atoms with Gasteiger partial charge in [0.1, 0.15) is 30.4 Å². The van der Waals surface area contributed by atoms with E-state index in [4.69, 9.17) is 11.2 Å². The Bertz CT molecular complexity index is 1020. The number of urea groups is 1. The Morgan fingerprint density at radius 3 is 2.62 bits per heavy atom. The van der Waals surface area contributed by atoms with Gasteiger partial charge < -0.3 is 15.4 Å². The van der Waals surface area contributed by atoms with E-state index in [1.54, 1.807) is 30.3 Å². The van der Waals surface area contributed by atoms with Crippen molar-refractivity contribution in [3.05, 3.63) is 65.6 Å². The molecule has 0 aliphatic carbocycles. The van der Waals surface area contributed by atoms with Crippen LogP contribution in [0, 0.1) is 18.2 Å². The fourth-order valence-corrected chi connectivity index (χ4v) is 2.56. The minimum Gasteiger partial charge on any atom is -0.481 e. The first-order chi connectivity index (χ1) is 14.0. The Morgan fingerprint density at radius 2 is 1.93 bits per heavy atom. The number of hydrogen-bond donors (Lipinski definition) is 2. The van der Waals surface area contributed by atoms with Crippen molar-refractivity contribution < 1.29 is 23.5 Å². The van der Waals surface area contributed by atoms with Crippen LogP contribution in [-0.2, 0) is 9.59 Å². The molecular weight excluding hydrogens is 377 g/mol. The van der Waals surface area contributed by atoms with Crippen molar-refractivity contribution in [2.45, 2.75) is 0 Å². The summed E-state index contributed by atoms with van der Waals surface area (Å²) in [5, 5.41) is 4.75. The number of nitrogens with zero attached hydrogens (tertiary/aromatic N) is 1. The zero-order chi connectivity index (χ0) is 20.8. The highest BCUT2D eigenvalue weighted by Crippen LogP contribution is 2.18. The zero-order valence-electron chi connectivity index (χ0n) is 15.1. The number of nitrogens with one attached hydrogen (secondary N) is 2. The molecule has 7 nitrogen and oxygen atoms in total. The van der Waals surface area contributed by atoms with E-state index in [1.807, 2.05) is 0 Å². The second kappa shape index (κ2) is 8.71. The maximum absolute atomic E-state index is 13.6. The third-order valence-electron chi connectivity index (χ3n) is 3.93. The Labute approximate surface area is 166 Å². The van der Waals surface area contributed by atoms with Gasteiger partial charge in [0.15, 0.2) is 0 Å². The Morgan fingerprint density at radius 1 is 1.21 bits per heavy atom. The number of halogens is 1. The molecule has 0 saturated carbocycles. The fourth-order valence-electron chi connectivity index (χ4n) is 2.56. The van der Waals surface area contributed by atoms with E-state index >= 15 is 0 Å². The molecule has 0 atom stereocenters. The first-order valence-corrected chi connectivity index (χ1v) is 8.53. The van der Waals surface area contributed by atoms with Crippen LogP contribution in [0.4, 0.5) is 14.9 Å². The molecular formula is C21H16FN3O4. The highest BCUT2D eigenvalue weighted by Gasteiger charge is 2.35.